The molecule has 4 heteroatoms. The van der Waals surface area contributed by atoms with Gasteiger partial charge in [-0.2, -0.15) is 0 Å². The van der Waals surface area contributed by atoms with E-state index in [0.717, 1.165) is 46.3 Å². The molecule has 2 fully saturated rings. The van der Waals surface area contributed by atoms with Crippen LogP contribution in [0.3, 0.4) is 0 Å². The molecule has 2 aliphatic rings. The van der Waals surface area contributed by atoms with Gasteiger partial charge in [0, 0.05) is 0 Å². The van der Waals surface area contributed by atoms with Crippen molar-refractivity contribution in [2.75, 3.05) is 11.5 Å². The van der Waals surface area contributed by atoms with E-state index in [-0.39, 0.29) is 0 Å². The maximum atomic E-state index is 2.48. The molecule has 0 spiro atoms. The van der Waals surface area contributed by atoms with E-state index in [9.17, 15) is 0 Å². The average Bonchev–Trinajstić information content (AvgIpc) is 2.99. The van der Waals surface area contributed by atoms with Gasteiger partial charge in [-0.05, 0) is 0 Å². The molecule has 0 amide bonds. The standard InChI is InChI=1S/C10H18S2Se2/c1-8(4-13-6-9-2-11-9)5-14-7-10-3-12-10/h8-10H,2-7H2,1H3. The molecule has 2 aliphatic heterocycles. The van der Waals surface area contributed by atoms with Gasteiger partial charge in [0.15, 0.2) is 0 Å². The van der Waals surface area contributed by atoms with Gasteiger partial charge in [-0.3, -0.25) is 0 Å². The van der Waals surface area contributed by atoms with E-state index in [0.29, 0.717) is 0 Å². The first-order valence-corrected chi connectivity index (χ1v) is 12.2. The van der Waals surface area contributed by atoms with E-state index < -0.39 is 0 Å². The van der Waals surface area contributed by atoms with E-state index in [1.54, 1.807) is 21.3 Å². The third kappa shape index (κ3) is 5.72. The monoisotopic (exact) mass is 362 g/mol. The van der Waals surface area contributed by atoms with Crippen molar-refractivity contribution in [1.29, 1.82) is 0 Å². The van der Waals surface area contributed by atoms with Crippen molar-refractivity contribution >= 4 is 53.4 Å². The van der Waals surface area contributed by atoms with Crippen molar-refractivity contribution in [1.82, 2.24) is 0 Å². The van der Waals surface area contributed by atoms with Crippen LogP contribution in [0.25, 0.3) is 0 Å². The fourth-order valence-corrected chi connectivity index (χ4v) is 9.87. The molecular formula is C10H18S2Se2. The Labute approximate surface area is 109 Å². The van der Waals surface area contributed by atoms with E-state index >= 15 is 0 Å². The Kier molecular flexibility index (Phi) is 5.64. The van der Waals surface area contributed by atoms with Gasteiger partial charge in [0.1, 0.15) is 0 Å². The van der Waals surface area contributed by atoms with E-state index in [2.05, 4.69) is 30.4 Å². The summed E-state index contributed by atoms with van der Waals surface area (Å²) in [5.41, 5.74) is 0. The van der Waals surface area contributed by atoms with Crippen molar-refractivity contribution in [3.63, 3.8) is 0 Å². The summed E-state index contributed by atoms with van der Waals surface area (Å²) in [6.45, 7) is 2.48. The van der Waals surface area contributed by atoms with Gasteiger partial charge < -0.3 is 0 Å². The fourth-order valence-electron chi connectivity index (χ4n) is 1.18. The zero-order chi connectivity index (χ0) is 9.80. The average molecular weight is 360 g/mol. The van der Waals surface area contributed by atoms with Gasteiger partial charge in [-0.25, -0.2) is 0 Å². The second-order valence-electron chi connectivity index (χ2n) is 4.09. The SMILES string of the molecule is CC(C[Se]CC1CS1)C[Se]CC1CS1. The van der Waals surface area contributed by atoms with Gasteiger partial charge in [-0.15, -0.1) is 0 Å². The minimum absolute atomic E-state index is 0.970. The van der Waals surface area contributed by atoms with Crippen LogP contribution in [0.2, 0.25) is 21.3 Å². The number of rotatable bonds is 8. The zero-order valence-corrected chi connectivity index (χ0v) is 13.7. The molecule has 0 aromatic carbocycles. The summed E-state index contributed by atoms with van der Waals surface area (Å²) in [7, 11) is 0. The first-order chi connectivity index (χ1) is 6.84. The van der Waals surface area contributed by atoms with E-state index in [4.69, 9.17) is 0 Å². The van der Waals surface area contributed by atoms with Crippen molar-refractivity contribution in [3.8, 4) is 0 Å². The third-order valence-electron chi connectivity index (χ3n) is 2.22. The quantitative estimate of drug-likeness (QED) is 0.482. The topological polar surface area (TPSA) is 0 Å². The van der Waals surface area contributed by atoms with Gasteiger partial charge in [0.25, 0.3) is 0 Å². The van der Waals surface area contributed by atoms with Crippen LogP contribution in [0.15, 0.2) is 0 Å². The second kappa shape index (κ2) is 6.47. The summed E-state index contributed by atoms with van der Waals surface area (Å²) in [5, 5.41) is 8.43. The van der Waals surface area contributed by atoms with Crippen molar-refractivity contribution in [3.05, 3.63) is 0 Å². The Morgan fingerprint density at radius 1 is 1.07 bits per heavy atom. The fraction of sp³-hybridized carbons (Fsp3) is 1.00. The van der Waals surface area contributed by atoms with Crippen molar-refractivity contribution < 1.29 is 0 Å². The summed E-state index contributed by atoms with van der Waals surface area (Å²) in [6, 6.07) is 0. The first-order valence-electron chi connectivity index (χ1n) is 5.23. The van der Waals surface area contributed by atoms with Gasteiger partial charge in [-0.1, -0.05) is 0 Å². The number of hydrogen-bond donors (Lipinski definition) is 0. The summed E-state index contributed by atoms with van der Waals surface area (Å²) >= 11 is 6.27. The molecule has 2 unspecified atom stereocenters. The van der Waals surface area contributed by atoms with Crippen LogP contribution >= 0.6 is 23.5 Å². The summed E-state index contributed by atoms with van der Waals surface area (Å²) in [5.74, 6) is 3.99. The van der Waals surface area contributed by atoms with Gasteiger partial charge in [0.05, 0.1) is 0 Å². The van der Waals surface area contributed by atoms with Crippen LogP contribution in [0.5, 0.6) is 0 Å². The first kappa shape index (κ1) is 12.2. The molecule has 0 saturated carbocycles. The number of thioether (sulfide) groups is 2. The Hall–Kier alpha value is 1.74. The Bertz CT molecular complexity index is 152. The molecule has 0 nitrogen and oxygen atoms in total. The molecular weight excluding hydrogens is 342 g/mol. The summed E-state index contributed by atoms with van der Waals surface area (Å²) in [4.78, 5) is 0. The Balaban J connectivity index is 1.38. The van der Waals surface area contributed by atoms with E-state index in [1.807, 2.05) is 0 Å². The van der Waals surface area contributed by atoms with Gasteiger partial charge in [0.2, 0.25) is 0 Å². The molecule has 0 N–H and O–H groups in total. The molecule has 14 heavy (non-hydrogen) atoms. The van der Waals surface area contributed by atoms with Crippen LogP contribution in [0.4, 0.5) is 0 Å². The zero-order valence-electron chi connectivity index (χ0n) is 8.61. The van der Waals surface area contributed by atoms with Crippen LogP contribution < -0.4 is 0 Å². The normalized spacial score (nSPS) is 31.5. The Morgan fingerprint density at radius 3 is 1.86 bits per heavy atom. The van der Waals surface area contributed by atoms with Crippen LogP contribution in [-0.4, -0.2) is 51.9 Å². The molecule has 2 saturated heterocycles. The molecule has 0 bridgehead atoms. The van der Waals surface area contributed by atoms with Crippen LogP contribution in [0.1, 0.15) is 6.92 Å². The van der Waals surface area contributed by atoms with Gasteiger partial charge >= 0.3 is 110 Å². The molecule has 2 rings (SSSR count). The second-order valence-corrected chi connectivity index (χ2v) is 11.3. The van der Waals surface area contributed by atoms with Crippen molar-refractivity contribution in [2.24, 2.45) is 5.92 Å². The molecule has 0 radical (unpaired) electrons. The van der Waals surface area contributed by atoms with E-state index in [1.165, 1.54) is 11.5 Å². The molecule has 0 aliphatic carbocycles. The predicted octanol–water partition coefficient (Wildman–Crippen LogP) is 2.93. The van der Waals surface area contributed by atoms with Crippen molar-refractivity contribution in [2.45, 2.75) is 38.7 Å². The predicted molar refractivity (Wildman–Crippen MR) is 72.4 cm³/mol. The molecule has 82 valence electrons. The molecule has 0 aromatic heterocycles. The number of hydrogen-bond acceptors (Lipinski definition) is 2. The summed E-state index contributed by atoms with van der Waals surface area (Å²) < 4.78 is 0. The molecule has 0 aromatic rings. The molecule has 2 atom stereocenters. The maximum absolute atomic E-state index is 2.48. The minimum atomic E-state index is 0.970. The van der Waals surface area contributed by atoms with Crippen LogP contribution in [-0.2, 0) is 0 Å². The molecule has 2 heterocycles. The Morgan fingerprint density at radius 2 is 1.50 bits per heavy atom. The summed E-state index contributed by atoms with van der Waals surface area (Å²) in [6.07, 6.45) is 0. The van der Waals surface area contributed by atoms with Crippen LogP contribution in [0, 0.1) is 5.92 Å². The third-order valence-corrected chi connectivity index (χ3v) is 11.2.